The molecule has 1 atom stereocenters. The molecule has 6 heteroatoms. The van der Waals surface area contributed by atoms with Crippen LogP contribution in [0.5, 0.6) is 0 Å². The average Bonchev–Trinajstić information content (AvgIpc) is 2.85. The van der Waals surface area contributed by atoms with Crippen molar-refractivity contribution in [2.45, 2.75) is 25.3 Å². The Balaban J connectivity index is 0.00000161. The highest BCUT2D eigenvalue weighted by molar-refractivity contribution is 5.94. The van der Waals surface area contributed by atoms with E-state index in [2.05, 4.69) is 10.4 Å². The van der Waals surface area contributed by atoms with Crippen molar-refractivity contribution in [3.8, 4) is 0 Å². The van der Waals surface area contributed by atoms with E-state index in [-0.39, 0.29) is 24.4 Å². The molecule has 3 N–H and O–H groups in total. The Kier molecular flexibility index (Phi) is 4.53. The second-order valence-corrected chi connectivity index (χ2v) is 5.28. The number of hydrogen-bond donors (Lipinski definition) is 2. The number of aromatic nitrogens is 2. The number of nitrogens with zero attached hydrogens (tertiary/aromatic N) is 2. The predicted molar refractivity (Wildman–Crippen MR) is 84.5 cm³/mol. The lowest BCUT2D eigenvalue weighted by molar-refractivity contribution is 0.0932. The maximum absolute atomic E-state index is 12.2. The second kappa shape index (κ2) is 6.18. The van der Waals surface area contributed by atoms with Crippen molar-refractivity contribution >= 4 is 24.0 Å². The number of fused-ring (bicyclic) bond motifs is 1. The molecule has 5 nitrogen and oxygen atoms in total. The van der Waals surface area contributed by atoms with E-state index in [1.807, 2.05) is 18.2 Å². The molecular weight excluding hydrogens is 288 g/mol. The van der Waals surface area contributed by atoms with Gasteiger partial charge in [0.15, 0.2) is 0 Å². The van der Waals surface area contributed by atoms with Crippen molar-refractivity contribution in [3.05, 3.63) is 47.3 Å². The number of rotatable bonds is 2. The summed E-state index contributed by atoms with van der Waals surface area (Å²) in [6.07, 6.45) is 6.36. The minimum Gasteiger partial charge on any atom is -0.399 e. The average molecular weight is 307 g/mol. The fourth-order valence-corrected chi connectivity index (χ4v) is 2.76. The standard InChI is InChI=1S/C15H18N4O.ClH/c1-19-9-11(8-17-19)15(20)18-14-4-2-3-10-7-12(16)5-6-13(10)14;/h5-9,14H,2-4,16H2,1H3,(H,18,20);1H. The van der Waals surface area contributed by atoms with Crippen molar-refractivity contribution in [1.82, 2.24) is 15.1 Å². The van der Waals surface area contributed by atoms with Gasteiger partial charge in [-0.15, -0.1) is 12.4 Å². The van der Waals surface area contributed by atoms with E-state index in [0.29, 0.717) is 5.56 Å². The van der Waals surface area contributed by atoms with Gasteiger partial charge in [0.1, 0.15) is 0 Å². The summed E-state index contributed by atoms with van der Waals surface area (Å²) in [6.45, 7) is 0. The van der Waals surface area contributed by atoms with Gasteiger partial charge in [0.05, 0.1) is 17.8 Å². The first-order valence-corrected chi connectivity index (χ1v) is 6.81. The monoisotopic (exact) mass is 306 g/mol. The third-order valence-corrected chi connectivity index (χ3v) is 3.75. The summed E-state index contributed by atoms with van der Waals surface area (Å²) in [6, 6.07) is 6.00. The molecule has 0 fully saturated rings. The van der Waals surface area contributed by atoms with E-state index in [1.165, 1.54) is 11.1 Å². The van der Waals surface area contributed by atoms with Crippen LogP contribution in [0.25, 0.3) is 0 Å². The van der Waals surface area contributed by atoms with Crippen LogP contribution < -0.4 is 11.1 Å². The molecule has 2 aromatic rings. The normalized spacial score (nSPS) is 16.7. The lowest BCUT2D eigenvalue weighted by Crippen LogP contribution is -2.30. The number of carbonyl (C=O) groups is 1. The number of nitrogens with two attached hydrogens (primary N) is 1. The van der Waals surface area contributed by atoms with Gasteiger partial charge in [0.2, 0.25) is 0 Å². The van der Waals surface area contributed by atoms with Crippen LogP contribution in [0, 0.1) is 0 Å². The van der Waals surface area contributed by atoms with Gasteiger partial charge in [-0.3, -0.25) is 9.48 Å². The number of aryl methyl sites for hydroxylation is 2. The van der Waals surface area contributed by atoms with Crippen LogP contribution >= 0.6 is 12.4 Å². The van der Waals surface area contributed by atoms with Crippen molar-refractivity contribution in [3.63, 3.8) is 0 Å². The Bertz CT molecular complexity index is 653. The first-order chi connectivity index (χ1) is 9.63. The quantitative estimate of drug-likeness (QED) is 0.836. The Morgan fingerprint density at radius 2 is 2.29 bits per heavy atom. The molecule has 3 rings (SSSR count). The molecule has 112 valence electrons. The molecule has 0 aliphatic heterocycles. The van der Waals surface area contributed by atoms with Gasteiger partial charge >= 0.3 is 0 Å². The number of hydrogen-bond acceptors (Lipinski definition) is 3. The maximum Gasteiger partial charge on any atom is 0.254 e. The molecule has 0 bridgehead atoms. The summed E-state index contributed by atoms with van der Waals surface area (Å²) in [4.78, 5) is 12.2. The van der Waals surface area contributed by atoms with E-state index in [1.54, 1.807) is 24.1 Å². The van der Waals surface area contributed by atoms with E-state index in [9.17, 15) is 4.79 Å². The Labute approximate surface area is 129 Å². The van der Waals surface area contributed by atoms with Gasteiger partial charge in [-0.25, -0.2) is 0 Å². The Hall–Kier alpha value is -2.01. The molecule has 1 aliphatic carbocycles. The number of anilines is 1. The van der Waals surface area contributed by atoms with Crippen molar-refractivity contribution in [2.75, 3.05) is 5.73 Å². The van der Waals surface area contributed by atoms with E-state index in [4.69, 9.17) is 5.73 Å². The van der Waals surface area contributed by atoms with Gasteiger partial charge in [0.25, 0.3) is 5.91 Å². The van der Waals surface area contributed by atoms with Gasteiger partial charge in [0, 0.05) is 18.9 Å². The zero-order valence-electron chi connectivity index (χ0n) is 11.9. The lowest BCUT2D eigenvalue weighted by atomic mass is 9.87. The molecular formula is C15H19ClN4O. The molecule has 1 aromatic heterocycles. The highest BCUT2D eigenvalue weighted by atomic mass is 35.5. The van der Waals surface area contributed by atoms with Crippen LogP contribution in [-0.2, 0) is 13.5 Å². The van der Waals surface area contributed by atoms with Crippen LogP contribution in [0.2, 0.25) is 0 Å². The molecule has 0 radical (unpaired) electrons. The summed E-state index contributed by atoms with van der Waals surface area (Å²) in [7, 11) is 1.80. The zero-order valence-corrected chi connectivity index (χ0v) is 12.7. The summed E-state index contributed by atoms with van der Waals surface area (Å²) in [5.41, 5.74) is 9.62. The molecule has 1 aromatic carbocycles. The number of nitrogen functional groups attached to an aromatic ring is 1. The predicted octanol–water partition coefficient (Wildman–Crippen LogP) is 2.23. The summed E-state index contributed by atoms with van der Waals surface area (Å²) < 4.78 is 1.63. The van der Waals surface area contributed by atoms with Crippen LogP contribution in [0.4, 0.5) is 5.69 Å². The topological polar surface area (TPSA) is 72.9 Å². The third-order valence-electron chi connectivity index (χ3n) is 3.75. The fraction of sp³-hybridized carbons (Fsp3) is 0.333. The van der Waals surface area contributed by atoms with Crippen molar-refractivity contribution in [1.29, 1.82) is 0 Å². The molecule has 21 heavy (non-hydrogen) atoms. The van der Waals surface area contributed by atoms with Crippen molar-refractivity contribution in [2.24, 2.45) is 7.05 Å². The molecule has 1 heterocycles. The van der Waals surface area contributed by atoms with E-state index in [0.717, 1.165) is 24.9 Å². The fourth-order valence-electron chi connectivity index (χ4n) is 2.76. The summed E-state index contributed by atoms with van der Waals surface area (Å²) in [5, 5.41) is 7.12. The minimum atomic E-state index is -0.0761. The van der Waals surface area contributed by atoms with E-state index < -0.39 is 0 Å². The zero-order chi connectivity index (χ0) is 14.1. The number of benzene rings is 1. The van der Waals surface area contributed by atoms with Crippen LogP contribution in [0.1, 0.15) is 40.4 Å². The molecule has 0 saturated carbocycles. The lowest BCUT2D eigenvalue weighted by Gasteiger charge is -2.26. The molecule has 1 amide bonds. The number of halogens is 1. The van der Waals surface area contributed by atoms with Crippen LogP contribution in [-0.4, -0.2) is 15.7 Å². The first kappa shape index (κ1) is 15.4. The second-order valence-electron chi connectivity index (χ2n) is 5.28. The first-order valence-electron chi connectivity index (χ1n) is 6.81. The Morgan fingerprint density at radius 1 is 1.48 bits per heavy atom. The molecule has 0 spiro atoms. The minimum absolute atomic E-state index is 0. The van der Waals surface area contributed by atoms with Crippen molar-refractivity contribution < 1.29 is 4.79 Å². The van der Waals surface area contributed by atoms with Crippen LogP contribution in [0.15, 0.2) is 30.6 Å². The number of amides is 1. The van der Waals surface area contributed by atoms with Crippen LogP contribution in [0.3, 0.4) is 0 Å². The molecule has 1 aliphatic rings. The molecule has 0 saturated heterocycles. The highest BCUT2D eigenvalue weighted by Gasteiger charge is 2.22. The Morgan fingerprint density at radius 3 is 3.00 bits per heavy atom. The highest BCUT2D eigenvalue weighted by Crippen LogP contribution is 2.31. The molecule has 1 unspecified atom stereocenters. The van der Waals surface area contributed by atoms with Gasteiger partial charge in [-0.05, 0) is 42.5 Å². The van der Waals surface area contributed by atoms with E-state index >= 15 is 0 Å². The largest absolute Gasteiger partial charge is 0.399 e. The van der Waals surface area contributed by atoms with Gasteiger partial charge in [-0.2, -0.15) is 5.10 Å². The SMILES string of the molecule is Cl.Cn1cc(C(=O)NC2CCCc3cc(N)ccc32)cn1. The third kappa shape index (κ3) is 3.19. The number of carbonyl (C=O) groups excluding carboxylic acids is 1. The smallest absolute Gasteiger partial charge is 0.254 e. The maximum atomic E-state index is 12.2. The summed E-state index contributed by atoms with van der Waals surface area (Å²) in [5.74, 6) is -0.0761. The summed E-state index contributed by atoms with van der Waals surface area (Å²) >= 11 is 0. The van der Waals surface area contributed by atoms with Gasteiger partial charge in [-0.1, -0.05) is 6.07 Å². The van der Waals surface area contributed by atoms with Gasteiger partial charge < -0.3 is 11.1 Å². The number of nitrogens with one attached hydrogen (secondary N) is 1.